The molecule has 0 spiro atoms. The molecule has 0 radical (unpaired) electrons. The zero-order valence-corrected chi connectivity index (χ0v) is 7.16. The van der Waals surface area contributed by atoms with Crippen LogP contribution in [0, 0.1) is 0 Å². The van der Waals surface area contributed by atoms with Gasteiger partial charge in [0.05, 0.1) is 6.61 Å². The highest BCUT2D eigenvalue weighted by Crippen LogP contribution is 2.04. The Labute approximate surface area is 76.1 Å². The van der Waals surface area contributed by atoms with Gasteiger partial charge in [0.2, 0.25) is 0 Å². The Bertz CT molecular complexity index is 372. The van der Waals surface area contributed by atoms with Gasteiger partial charge in [-0.15, -0.1) is 12.4 Å². The van der Waals surface area contributed by atoms with Crippen LogP contribution in [0.25, 0.3) is 5.65 Å². The fourth-order valence-corrected chi connectivity index (χ4v) is 1.05. The zero-order chi connectivity index (χ0) is 7.68. The van der Waals surface area contributed by atoms with Crippen LogP contribution in [0.2, 0.25) is 0 Å². The number of hydrogen-bond donors (Lipinski definition) is 1. The molecule has 0 saturated heterocycles. The van der Waals surface area contributed by atoms with E-state index in [4.69, 9.17) is 5.11 Å². The number of hydrogen-bond acceptors (Lipinski definition) is 2. The molecular weight excluding hydrogens is 176 g/mol. The minimum Gasteiger partial charge on any atom is -0.392 e. The van der Waals surface area contributed by atoms with Crippen LogP contribution in [0.15, 0.2) is 30.7 Å². The maximum absolute atomic E-state index is 8.80. The number of pyridine rings is 1. The second-order valence-corrected chi connectivity index (χ2v) is 2.39. The number of aliphatic hydroxyl groups is 1. The van der Waals surface area contributed by atoms with E-state index in [0.29, 0.717) is 0 Å². The molecule has 0 aliphatic rings. The molecule has 0 amide bonds. The molecule has 2 heterocycles. The Kier molecular flexibility index (Phi) is 2.68. The van der Waals surface area contributed by atoms with Gasteiger partial charge in [-0.05, 0) is 17.7 Å². The van der Waals surface area contributed by atoms with Crippen LogP contribution in [-0.2, 0) is 6.61 Å². The summed E-state index contributed by atoms with van der Waals surface area (Å²) < 4.78 is 1.90. The Balaban J connectivity index is 0.000000720. The molecule has 4 heteroatoms. The summed E-state index contributed by atoms with van der Waals surface area (Å²) in [7, 11) is 0. The minimum atomic E-state index is 0. The van der Waals surface area contributed by atoms with E-state index in [9.17, 15) is 0 Å². The first-order valence-corrected chi connectivity index (χ1v) is 3.42. The van der Waals surface area contributed by atoms with Crippen LogP contribution in [-0.4, -0.2) is 14.5 Å². The lowest BCUT2D eigenvalue weighted by Crippen LogP contribution is -1.87. The second kappa shape index (κ2) is 3.56. The number of halogens is 1. The van der Waals surface area contributed by atoms with Crippen molar-refractivity contribution in [2.45, 2.75) is 6.61 Å². The van der Waals surface area contributed by atoms with Gasteiger partial charge < -0.3 is 9.51 Å². The maximum atomic E-state index is 8.80. The van der Waals surface area contributed by atoms with Crippen molar-refractivity contribution in [1.82, 2.24) is 9.38 Å². The molecule has 2 aromatic rings. The number of fused-ring (bicyclic) bond motifs is 1. The molecule has 3 nitrogen and oxygen atoms in total. The molecule has 0 fully saturated rings. The summed E-state index contributed by atoms with van der Waals surface area (Å²) in [5, 5.41) is 8.80. The summed E-state index contributed by atoms with van der Waals surface area (Å²) in [4.78, 5) is 4.08. The standard InChI is InChI=1S/C8H8N2O.ClH/c11-6-7-1-3-10-4-2-9-8(10)5-7;/h1-5,11H,6H2;1H. The highest BCUT2D eigenvalue weighted by atomic mass is 35.5. The first-order chi connectivity index (χ1) is 5.40. The summed E-state index contributed by atoms with van der Waals surface area (Å²) in [6.07, 6.45) is 5.49. The van der Waals surface area contributed by atoms with Crippen molar-refractivity contribution >= 4 is 18.1 Å². The highest BCUT2D eigenvalue weighted by Gasteiger charge is 1.93. The van der Waals surface area contributed by atoms with E-state index >= 15 is 0 Å². The van der Waals surface area contributed by atoms with Gasteiger partial charge in [0.25, 0.3) is 0 Å². The van der Waals surface area contributed by atoms with Crippen LogP contribution in [0.1, 0.15) is 5.56 Å². The first-order valence-electron chi connectivity index (χ1n) is 3.42. The van der Waals surface area contributed by atoms with Gasteiger partial charge >= 0.3 is 0 Å². The third kappa shape index (κ3) is 1.42. The third-order valence-electron chi connectivity index (χ3n) is 1.64. The predicted molar refractivity (Wildman–Crippen MR) is 48.4 cm³/mol. The largest absolute Gasteiger partial charge is 0.392 e. The molecule has 0 aromatic carbocycles. The molecular formula is C8H9ClN2O. The average Bonchev–Trinajstić information content (AvgIpc) is 2.50. The Hall–Kier alpha value is -1.06. The number of rotatable bonds is 1. The number of aromatic nitrogens is 2. The molecule has 0 atom stereocenters. The van der Waals surface area contributed by atoms with Crippen LogP contribution in [0.5, 0.6) is 0 Å². The topological polar surface area (TPSA) is 37.5 Å². The lowest BCUT2D eigenvalue weighted by molar-refractivity contribution is 0.282. The SMILES string of the molecule is Cl.OCc1ccn2ccnc2c1. The van der Waals surface area contributed by atoms with Gasteiger partial charge in [-0.2, -0.15) is 0 Å². The third-order valence-corrected chi connectivity index (χ3v) is 1.64. The molecule has 1 N–H and O–H groups in total. The van der Waals surface area contributed by atoms with Crippen molar-refractivity contribution < 1.29 is 5.11 Å². The molecule has 64 valence electrons. The summed E-state index contributed by atoms with van der Waals surface area (Å²) in [5.41, 5.74) is 1.76. The smallest absolute Gasteiger partial charge is 0.136 e. The molecule has 12 heavy (non-hydrogen) atoms. The van der Waals surface area contributed by atoms with Crippen molar-refractivity contribution in [1.29, 1.82) is 0 Å². The van der Waals surface area contributed by atoms with Gasteiger partial charge in [-0.3, -0.25) is 0 Å². The van der Waals surface area contributed by atoms with Crippen molar-refractivity contribution in [3.05, 3.63) is 36.3 Å². The van der Waals surface area contributed by atoms with E-state index in [0.717, 1.165) is 11.2 Å². The number of aliphatic hydroxyl groups excluding tert-OH is 1. The second-order valence-electron chi connectivity index (χ2n) is 2.39. The Morgan fingerprint density at radius 2 is 2.25 bits per heavy atom. The molecule has 0 bridgehead atoms. The number of nitrogens with zero attached hydrogens (tertiary/aromatic N) is 2. The fraction of sp³-hybridized carbons (Fsp3) is 0.125. The zero-order valence-electron chi connectivity index (χ0n) is 6.34. The quantitative estimate of drug-likeness (QED) is 0.725. The molecule has 0 unspecified atom stereocenters. The van der Waals surface area contributed by atoms with E-state index in [1.54, 1.807) is 6.20 Å². The maximum Gasteiger partial charge on any atom is 0.136 e. The summed E-state index contributed by atoms with van der Waals surface area (Å²) in [5.74, 6) is 0. The molecule has 0 aliphatic carbocycles. The Morgan fingerprint density at radius 3 is 3.00 bits per heavy atom. The van der Waals surface area contributed by atoms with Crippen molar-refractivity contribution in [3.8, 4) is 0 Å². The average molecular weight is 185 g/mol. The van der Waals surface area contributed by atoms with Crippen LogP contribution in [0.3, 0.4) is 0 Å². The molecule has 0 saturated carbocycles. The Morgan fingerprint density at radius 1 is 1.42 bits per heavy atom. The normalized spacial score (nSPS) is 9.75. The lowest BCUT2D eigenvalue weighted by Gasteiger charge is -1.95. The van der Waals surface area contributed by atoms with Crippen molar-refractivity contribution in [3.63, 3.8) is 0 Å². The molecule has 2 aromatic heterocycles. The minimum absolute atomic E-state index is 0. The highest BCUT2D eigenvalue weighted by molar-refractivity contribution is 5.85. The van der Waals surface area contributed by atoms with Gasteiger partial charge in [0.15, 0.2) is 0 Å². The summed E-state index contributed by atoms with van der Waals surface area (Å²) in [6.45, 7) is 0.0728. The van der Waals surface area contributed by atoms with E-state index in [1.165, 1.54) is 0 Å². The monoisotopic (exact) mass is 184 g/mol. The predicted octanol–water partition coefficient (Wildman–Crippen LogP) is 1.25. The summed E-state index contributed by atoms with van der Waals surface area (Å²) in [6, 6.07) is 3.73. The van der Waals surface area contributed by atoms with Gasteiger partial charge in [0, 0.05) is 18.6 Å². The summed E-state index contributed by atoms with van der Waals surface area (Å²) >= 11 is 0. The van der Waals surface area contributed by atoms with E-state index < -0.39 is 0 Å². The van der Waals surface area contributed by atoms with E-state index in [1.807, 2.05) is 28.9 Å². The van der Waals surface area contributed by atoms with Crippen LogP contribution >= 0.6 is 12.4 Å². The first kappa shape index (κ1) is 9.03. The van der Waals surface area contributed by atoms with Crippen molar-refractivity contribution in [2.24, 2.45) is 0 Å². The van der Waals surface area contributed by atoms with Crippen LogP contribution in [0.4, 0.5) is 0 Å². The molecule has 0 aliphatic heterocycles. The van der Waals surface area contributed by atoms with Gasteiger partial charge in [0.1, 0.15) is 5.65 Å². The van der Waals surface area contributed by atoms with E-state index in [2.05, 4.69) is 4.98 Å². The van der Waals surface area contributed by atoms with Crippen LogP contribution < -0.4 is 0 Å². The molecule has 2 rings (SSSR count). The number of imidazole rings is 1. The van der Waals surface area contributed by atoms with Crippen molar-refractivity contribution in [2.75, 3.05) is 0 Å². The fourth-order valence-electron chi connectivity index (χ4n) is 1.05. The van der Waals surface area contributed by atoms with Gasteiger partial charge in [-0.25, -0.2) is 4.98 Å². The van der Waals surface area contributed by atoms with Gasteiger partial charge in [-0.1, -0.05) is 0 Å². The van der Waals surface area contributed by atoms with E-state index in [-0.39, 0.29) is 19.0 Å². The lowest BCUT2D eigenvalue weighted by atomic mass is 10.3.